The SMILES string of the molecule is Cc1ccc2nc(C)cc(C(=O)NCCN3CCc4sccc4C3)c2c1. The predicted octanol–water partition coefficient (Wildman–Crippen LogP) is 3.70. The maximum Gasteiger partial charge on any atom is 0.252 e. The molecule has 134 valence electrons. The Morgan fingerprint density at radius 3 is 3.04 bits per heavy atom. The summed E-state index contributed by atoms with van der Waals surface area (Å²) in [5, 5.41) is 6.20. The van der Waals surface area contributed by atoms with E-state index in [1.165, 1.54) is 10.4 Å². The smallest absolute Gasteiger partial charge is 0.252 e. The van der Waals surface area contributed by atoms with Crippen molar-refractivity contribution in [1.29, 1.82) is 0 Å². The van der Waals surface area contributed by atoms with Crippen molar-refractivity contribution in [2.24, 2.45) is 0 Å². The van der Waals surface area contributed by atoms with Crippen LogP contribution in [0.25, 0.3) is 10.9 Å². The van der Waals surface area contributed by atoms with Gasteiger partial charge in [-0.05, 0) is 55.5 Å². The van der Waals surface area contributed by atoms with E-state index < -0.39 is 0 Å². The van der Waals surface area contributed by atoms with E-state index in [1.54, 1.807) is 0 Å². The van der Waals surface area contributed by atoms with Crippen LogP contribution in [0.2, 0.25) is 0 Å². The zero-order valence-corrected chi connectivity index (χ0v) is 16.0. The Labute approximate surface area is 157 Å². The molecule has 4 nitrogen and oxygen atoms in total. The number of carbonyl (C=O) groups excluding carboxylic acids is 1. The second kappa shape index (κ2) is 7.17. The van der Waals surface area contributed by atoms with Gasteiger partial charge in [0.15, 0.2) is 0 Å². The largest absolute Gasteiger partial charge is 0.351 e. The van der Waals surface area contributed by atoms with Gasteiger partial charge in [0.05, 0.1) is 11.1 Å². The van der Waals surface area contributed by atoms with Gasteiger partial charge in [-0.25, -0.2) is 0 Å². The number of rotatable bonds is 4. The Morgan fingerprint density at radius 2 is 2.15 bits per heavy atom. The van der Waals surface area contributed by atoms with Gasteiger partial charge in [-0.1, -0.05) is 11.6 Å². The quantitative estimate of drug-likeness (QED) is 0.767. The average Bonchev–Trinajstić information content (AvgIpc) is 3.09. The van der Waals surface area contributed by atoms with Gasteiger partial charge in [-0.15, -0.1) is 11.3 Å². The number of fused-ring (bicyclic) bond motifs is 2. The van der Waals surface area contributed by atoms with Gasteiger partial charge in [0.1, 0.15) is 0 Å². The van der Waals surface area contributed by atoms with Crippen LogP contribution in [0.4, 0.5) is 0 Å². The van der Waals surface area contributed by atoms with Crippen molar-refractivity contribution in [1.82, 2.24) is 15.2 Å². The third-order valence-electron chi connectivity index (χ3n) is 4.94. The molecular formula is C21H23N3OS. The number of thiophene rings is 1. The minimum Gasteiger partial charge on any atom is -0.351 e. The summed E-state index contributed by atoms with van der Waals surface area (Å²) in [5.41, 5.74) is 5.04. The molecule has 5 heteroatoms. The highest BCUT2D eigenvalue weighted by Gasteiger charge is 2.17. The van der Waals surface area contributed by atoms with Gasteiger partial charge in [-0.3, -0.25) is 14.7 Å². The zero-order chi connectivity index (χ0) is 18.1. The van der Waals surface area contributed by atoms with Crippen molar-refractivity contribution in [3.05, 3.63) is 63.0 Å². The van der Waals surface area contributed by atoms with Gasteiger partial charge in [0, 0.05) is 42.1 Å². The number of nitrogens with zero attached hydrogens (tertiary/aromatic N) is 2. The lowest BCUT2D eigenvalue weighted by atomic mass is 10.0. The van der Waals surface area contributed by atoms with Crippen LogP contribution < -0.4 is 5.32 Å². The highest BCUT2D eigenvalue weighted by atomic mass is 32.1. The Balaban J connectivity index is 1.43. The monoisotopic (exact) mass is 365 g/mol. The van der Waals surface area contributed by atoms with Gasteiger partial charge in [0.2, 0.25) is 0 Å². The number of benzene rings is 1. The van der Waals surface area contributed by atoms with Crippen molar-refractivity contribution in [3.63, 3.8) is 0 Å². The van der Waals surface area contributed by atoms with E-state index in [0.29, 0.717) is 6.54 Å². The first-order chi connectivity index (χ1) is 12.6. The second-order valence-electron chi connectivity index (χ2n) is 6.98. The fraction of sp³-hybridized carbons (Fsp3) is 0.333. The fourth-order valence-electron chi connectivity index (χ4n) is 3.58. The van der Waals surface area contributed by atoms with Crippen molar-refractivity contribution in [2.75, 3.05) is 19.6 Å². The Bertz CT molecular complexity index is 963. The number of carbonyl (C=O) groups is 1. The molecule has 2 aromatic heterocycles. The maximum atomic E-state index is 12.8. The lowest BCUT2D eigenvalue weighted by Crippen LogP contribution is -2.37. The Morgan fingerprint density at radius 1 is 1.27 bits per heavy atom. The lowest BCUT2D eigenvalue weighted by Gasteiger charge is -2.26. The summed E-state index contributed by atoms with van der Waals surface area (Å²) in [7, 11) is 0. The predicted molar refractivity (Wildman–Crippen MR) is 107 cm³/mol. The van der Waals surface area contributed by atoms with Crippen LogP contribution in [0, 0.1) is 13.8 Å². The fourth-order valence-corrected chi connectivity index (χ4v) is 4.47. The summed E-state index contributed by atoms with van der Waals surface area (Å²) >= 11 is 1.85. The summed E-state index contributed by atoms with van der Waals surface area (Å²) in [6.07, 6.45) is 1.12. The highest BCUT2D eigenvalue weighted by molar-refractivity contribution is 7.10. The number of hydrogen-bond donors (Lipinski definition) is 1. The van der Waals surface area contributed by atoms with E-state index in [0.717, 1.165) is 53.8 Å². The number of pyridine rings is 1. The lowest BCUT2D eigenvalue weighted by molar-refractivity contribution is 0.0949. The maximum absolute atomic E-state index is 12.8. The van der Waals surface area contributed by atoms with Crippen molar-refractivity contribution in [3.8, 4) is 0 Å². The molecule has 3 heterocycles. The Hall–Kier alpha value is -2.24. The van der Waals surface area contributed by atoms with Gasteiger partial charge < -0.3 is 5.32 Å². The van der Waals surface area contributed by atoms with Crippen molar-refractivity contribution >= 4 is 28.1 Å². The number of amides is 1. The van der Waals surface area contributed by atoms with Crippen molar-refractivity contribution < 1.29 is 4.79 Å². The highest BCUT2D eigenvalue weighted by Crippen LogP contribution is 2.23. The van der Waals surface area contributed by atoms with Crippen LogP contribution in [-0.4, -0.2) is 35.4 Å². The van der Waals surface area contributed by atoms with Gasteiger partial charge >= 0.3 is 0 Å². The molecule has 0 unspecified atom stereocenters. The van der Waals surface area contributed by atoms with E-state index in [2.05, 4.69) is 26.6 Å². The molecule has 1 aliphatic heterocycles. The third kappa shape index (κ3) is 3.50. The van der Waals surface area contributed by atoms with Crippen LogP contribution in [0.15, 0.2) is 35.7 Å². The molecular weight excluding hydrogens is 342 g/mol. The topological polar surface area (TPSA) is 45.2 Å². The van der Waals surface area contributed by atoms with Crippen LogP contribution in [-0.2, 0) is 13.0 Å². The molecule has 0 saturated heterocycles. The van der Waals surface area contributed by atoms with Gasteiger partial charge in [-0.2, -0.15) is 0 Å². The Kier molecular flexibility index (Phi) is 4.74. The van der Waals surface area contributed by atoms with E-state index in [1.807, 2.05) is 49.4 Å². The standard InChI is InChI=1S/C21H23N3OS/c1-14-3-4-19-17(11-14)18(12-15(2)23-19)21(25)22-7-9-24-8-5-20-16(13-24)6-10-26-20/h3-4,6,10-12H,5,7-9,13H2,1-2H3,(H,22,25). The minimum absolute atomic E-state index is 0.0145. The molecule has 0 atom stereocenters. The molecule has 1 amide bonds. The molecule has 1 aromatic carbocycles. The molecule has 3 aromatic rings. The molecule has 0 radical (unpaired) electrons. The van der Waals surface area contributed by atoms with Gasteiger partial charge in [0.25, 0.3) is 5.91 Å². The third-order valence-corrected chi connectivity index (χ3v) is 5.96. The first-order valence-electron chi connectivity index (χ1n) is 9.04. The first-order valence-corrected chi connectivity index (χ1v) is 9.92. The van der Waals surface area contributed by atoms with Crippen LogP contribution in [0.5, 0.6) is 0 Å². The second-order valence-corrected chi connectivity index (χ2v) is 7.98. The van der Waals surface area contributed by atoms with Crippen molar-refractivity contribution in [2.45, 2.75) is 26.8 Å². The molecule has 1 aliphatic rings. The van der Waals surface area contributed by atoms with Crippen LogP contribution in [0.3, 0.4) is 0 Å². The summed E-state index contributed by atoms with van der Waals surface area (Å²) in [6, 6.07) is 10.2. The zero-order valence-electron chi connectivity index (χ0n) is 15.2. The molecule has 0 spiro atoms. The van der Waals surface area contributed by atoms with E-state index in [-0.39, 0.29) is 5.91 Å². The summed E-state index contributed by atoms with van der Waals surface area (Å²) in [4.78, 5) is 21.2. The summed E-state index contributed by atoms with van der Waals surface area (Å²) in [6.45, 7) is 7.57. The van der Waals surface area contributed by atoms with Crippen LogP contribution in [0.1, 0.15) is 32.1 Å². The number of aryl methyl sites for hydroxylation is 2. The van der Waals surface area contributed by atoms with E-state index >= 15 is 0 Å². The molecule has 0 fully saturated rings. The van der Waals surface area contributed by atoms with E-state index in [4.69, 9.17) is 0 Å². The molecule has 0 bridgehead atoms. The van der Waals surface area contributed by atoms with Crippen LogP contribution >= 0.6 is 11.3 Å². The normalized spacial score (nSPS) is 14.4. The average molecular weight is 366 g/mol. The summed E-state index contributed by atoms with van der Waals surface area (Å²) in [5.74, 6) is -0.0145. The molecule has 4 rings (SSSR count). The molecule has 0 aliphatic carbocycles. The van der Waals surface area contributed by atoms with E-state index in [9.17, 15) is 4.79 Å². The summed E-state index contributed by atoms with van der Waals surface area (Å²) < 4.78 is 0. The molecule has 1 N–H and O–H groups in total. The number of aromatic nitrogens is 1. The first kappa shape index (κ1) is 17.2. The number of hydrogen-bond acceptors (Lipinski definition) is 4. The molecule has 26 heavy (non-hydrogen) atoms. The number of nitrogens with one attached hydrogen (secondary N) is 1. The molecule has 0 saturated carbocycles. The minimum atomic E-state index is -0.0145.